The Morgan fingerprint density at radius 2 is 1.38 bits per heavy atom. The lowest BCUT2D eigenvalue weighted by atomic mass is 10.1. The molecule has 0 saturated carbocycles. The quantitative estimate of drug-likeness (QED) is 0.683. The van der Waals surface area contributed by atoms with Gasteiger partial charge in [0.15, 0.2) is 0 Å². The van der Waals surface area contributed by atoms with Crippen LogP contribution in [0.25, 0.3) is 5.57 Å². The van der Waals surface area contributed by atoms with Crippen molar-refractivity contribution in [3.05, 3.63) is 42.0 Å². The van der Waals surface area contributed by atoms with Crippen molar-refractivity contribution < 1.29 is 0 Å². The van der Waals surface area contributed by atoms with E-state index in [4.69, 9.17) is 0 Å². The van der Waals surface area contributed by atoms with E-state index in [-0.39, 0.29) is 0 Å². The second-order valence-corrected chi connectivity index (χ2v) is 3.68. The molecule has 0 aliphatic carbocycles. The van der Waals surface area contributed by atoms with Crippen LogP contribution in [0.2, 0.25) is 0 Å². The summed E-state index contributed by atoms with van der Waals surface area (Å²) in [4.78, 5) is 2.00. The van der Waals surface area contributed by atoms with Crippen molar-refractivity contribution in [2.24, 2.45) is 0 Å². The molecule has 16 heavy (non-hydrogen) atoms. The molecule has 0 aromatic heterocycles. The van der Waals surface area contributed by atoms with Crippen molar-refractivity contribution in [2.75, 3.05) is 21.1 Å². The number of hydrogen-bond donors (Lipinski definition) is 0. The highest BCUT2D eigenvalue weighted by Crippen LogP contribution is 2.11. The molecule has 1 aromatic carbocycles. The first-order valence-corrected chi connectivity index (χ1v) is 5.87. The second kappa shape index (κ2) is 12.0. The summed E-state index contributed by atoms with van der Waals surface area (Å²) in [7, 11) is 6.00. The average Bonchev–Trinajstić information content (AvgIpc) is 2.31. The molecule has 0 radical (unpaired) electrons. The highest BCUT2D eigenvalue weighted by atomic mass is 15.0. The molecule has 0 atom stereocenters. The summed E-state index contributed by atoms with van der Waals surface area (Å²) in [5.74, 6) is 0. The van der Waals surface area contributed by atoms with Gasteiger partial charge in [-0.2, -0.15) is 0 Å². The SMILES string of the molecule is CC.CC=C(C)c1ccccc1.CN(C)C. The van der Waals surface area contributed by atoms with E-state index in [1.54, 1.807) is 0 Å². The van der Waals surface area contributed by atoms with Crippen LogP contribution < -0.4 is 0 Å². The van der Waals surface area contributed by atoms with Crippen LogP contribution in [0, 0.1) is 0 Å². The lowest BCUT2D eigenvalue weighted by Crippen LogP contribution is -1.99. The second-order valence-electron chi connectivity index (χ2n) is 3.68. The van der Waals surface area contributed by atoms with Gasteiger partial charge in [0.05, 0.1) is 0 Å². The van der Waals surface area contributed by atoms with Crippen molar-refractivity contribution in [1.82, 2.24) is 4.90 Å². The Labute approximate surface area is 102 Å². The predicted molar refractivity (Wildman–Crippen MR) is 76.7 cm³/mol. The lowest BCUT2D eigenvalue weighted by molar-refractivity contribution is 0.505. The first-order chi connectivity index (χ1) is 7.57. The maximum absolute atomic E-state index is 2.12. The van der Waals surface area contributed by atoms with Crippen molar-refractivity contribution in [3.8, 4) is 0 Å². The summed E-state index contributed by atoms with van der Waals surface area (Å²) in [6, 6.07) is 10.4. The van der Waals surface area contributed by atoms with Gasteiger partial charge in [0.25, 0.3) is 0 Å². The smallest absolute Gasteiger partial charge is 0.0140 e. The Bertz CT molecular complexity index is 257. The fourth-order valence-corrected chi connectivity index (χ4v) is 0.868. The molecular weight excluding hydrogens is 194 g/mol. The maximum atomic E-state index is 2.12. The van der Waals surface area contributed by atoms with E-state index in [1.165, 1.54) is 11.1 Å². The Hall–Kier alpha value is -1.08. The third-order valence-corrected chi connectivity index (χ3v) is 1.66. The number of hydrogen-bond acceptors (Lipinski definition) is 1. The fourth-order valence-electron chi connectivity index (χ4n) is 0.868. The van der Waals surface area contributed by atoms with E-state index in [0.29, 0.717) is 0 Å². The van der Waals surface area contributed by atoms with E-state index in [1.807, 2.05) is 46.0 Å². The molecule has 0 unspecified atom stereocenters. The van der Waals surface area contributed by atoms with Crippen LogP contribution in [0.1, 0.15) is 33.3 Å². The molecule has 0 heterocycles. The molecule has 1 aromatic rings. The molecule has 92 valence electrons. The minimum Gasteiger partial charge on any atom is -0.312 e. The van der Waals surface area contributed by atoms with Gasteiger partial charge in [-0.25, -0.2) is 0 Å². The molecule has 0 amide bonds. The average molecular weight is 221 g/mol. The minimum atomic E-state index is 1.31. The Morgan fingerprint density at radius 1 is 1.00 bits per heavy atom. The molecule has 1 nitrogen and oxygen atoms in total. The van der Waals surface area contributed by atoms with E-state index < -0.39 is 0 Å². The van der Waals surface area contributed by atoms with Crippen LogP contribution in [-0.2, 0) is 0 Å². The third-order valence-electron chi connectivity index (χ3n) is 1.66. The van der Waals surface area contributed by atoms with Crippen LogP contribution in [0.5, 0.6) is 0 Å². The molecular formula is C15H27N. The molecule has 0 bridgehead atoms. The van der Waals surface area contributed by atoms with Gasteiger partial charge >= 0.3 is 0 Å². The fraction of sp³-hybridized carbons (Fsp3) is 0.467. The summed E-state index contributed by atoms with van der Waals surface area (Å²) in [5, 5.41) is 0. The van der Waals surface area contributed by atoms with Crippen molar-refractivity contribution in [3.63, 3.8) is 0 Å². The Kier molecular flexibility index (Phi) is 13.0. The normalized spacial score (nSPS) is 9.88. The molecule has 0 N–H and O–H groups in total. The summed E-state index contributed by atoms with van der Waals surface area (Å²) in [5.41, 5.74) is 2.64. The van der Waals surface area contributed by atoms with Gasteiger partial charge in [-0.05, 0) is 46.1 Å². The highest BCUT2D eigenvalue weighted by Gasteiger charge is 1.88. The standard InChI is InChI=1S/C10H12.C3H9N.C2H6/c1-3-9(2)10-7-5-4-6-8-10;1-4(2)3;1-2/h3-8H,1-2H3;1-3H3;1-2H3. The molecule has 1 rings (SSSR count). The van der Waals surface area contributed by atoms with Crippen LogP contribution in [-0.4, -0.2) is 26.0 Å². The number of nitrogens with zero attached hydrogens (tertiary/aromatic N) is 1. The molecule has 0 aliphatic rings. The summed E-state index contributed by atoms with van der Waals surface area (Å²) >= 11 is 0. The minimum absolute atomic E-state index is 1.31. The summed E-state index contributed by atoms with van der Waals surface area (Å²) < 4.78 is 0. The van der Waals surface area contributed by atoms with Gasteiger partial charge in [-0.15, -0.1) is 0 Å². The maximum Gasteiger partial charge on any atom is -0.0140 e. The zero-order valence-corrected chi connectivity index (χ0v) is 11.9. The monoisotopic (exact) mass is 221 g/mol. The van der Waals surface area contributed by atoms with E-state index in [9.17, 15) is 0 Å². The van der Waals surface area contributed by atoms with Crippen molar-refractivity contribution >= 4 is 5.57 Å². The number of rotatable bonds is 1. The molecule has 0 saturated heterocycles. The van der Waals surface area contributed by atoms with Crippen molar-refractivity contribution in [2.45, 2.75) is 27.7 Å². The van der Waals surface area contributed by atoms with Gasteiger partial charge < -0.3 is 4.90 Å². The lowest BCUT2D eigenvalue weighted by Gasteiger charge is -1.97. The van der Waals surface area contributed by atoms with Crippen molar-refractivity contribution in [1.29, 1.82) is 0 Å². The van der Waals surface area contributed by atoms with Crippen LogP contribution in [0.15, 0.2) is 36.4 Å². The molecule has 1 heteroatoms. The third kappa shape index (κ3) is 11.0. The Balaban J connectivity index is 0. The molecule has 0 spiro atoms. The van der Waals surface area contributed by atoms with E-state index in [2.05, 4.69) is 44.2 Å². The molecule has 0 aliphatic heterocycles. The topological polar surface area (TPSA) is 3.24 Å². The van der Waals surface area contributed by atoms with E-state index >= 15 is 0 Å². The van der Waals surface area contributed by atoms with Gasteiger partial charge in [0, 0.05) is 0 Å². The summed E-state index contributed by atoms with van der Waals surface area (Å²) in [6.07, 6.45) is 2.12. The first kappa shape index (κ1) is 17.3. The largest absolute Gasteiger partial charge is 0.312 e. The van der Waals surface area contributed by atoms with Gasteiger partial charge in [0.1, 0.15) is 0 Å². The zero-order chi connectivity index (χ0) is 13.0. The van der Waals surface area contributed by atoms with Gasteiger partial charge in [0.2, 0.25) is 0 Å². The van der Waals surface area contributed by atoms with Gasteiger partial charge in [-0.1, -0.05) is 50.3 Å². The summed E-state index contributed by atoms with van der Waals surface area (Å²) in [6.45, 7) is 8.18. The Morgan fingerprint density at radius 3 is 1.69 bits per heavy atom. The zero-order valence-electron chi connectivity index (χ0n) is 11.9. The van der Waals surface area contributed by atoms with Crippen LogP contribution in [0.3, 0.4) is 0 Å². The molecule has 0 fully saturated rings. The predicted octanol–water partition coefficient (Wildman–Crippen LogP) is 4.31. The number of benzene rings is 1. The van der Waals surface area contributed by atoms with E-state index in [0.717, 1.165) is 0 Å². The number of allylic oxidation sites excluding steroid dienone is 2. The van der Waals surface area contributed by atoms with Gasteiger partial charge in [-0.3, -0.25) is 0 Å². The first-order valence-electron chi connectivity index (χ1n) is 5.87. The van der Waals surface area contributed by atoms with Crippen LogP contribution >= 0.6 is 0 Å². The highest BCUT2D eigenvalue weighted by molar-refractivity contribution is 5.62. The van der Waals surface area contributed by atoms with Crippen LogP contribution in [0.4, 0.5) is 0 Å².